The van der Waals surface area contributed by atoms with Crippen LogP contribution < -0.4 is 0 Å². The summed E-state index contributed by atoms with van der Waals surface area (Å²) in [6.07, 6.45) is -1.94. The lowest BCUT2D eigenvalue weighted by molar-refractivity contribution is -0.123. The van der Waals surface area contributed by atoms with Crippen molar-refractivity contribution in [2.45, 2.75) is 12.2 Å². The Hall–Kier alpha value is -2.29. The fourth-order valence-corrected chi connectivity index (χ4v) is 2.81. The van der Waals surface area contributed by atoms with Gasteiger partial charge in [0.15, 0.2) is 0 Å². The monoisotopic (exact) mass is 350 g/mol. The molecule has 3 atom stereocenters. The summed E-state index contributed by atoms with van der Waals surface area (Å²) in [5, 5.41) is 23.4. The van der Waals surface area contributed by atoms with Crippen LogP contribution in [-0.2, 0) is 4.74 Å². The quantitative estimate of drug-likeness (QED) is 0.851. The van der Waals surface area contributed by atoms with E-state index in [0.29, 0.717) is 0 Å². The van der Waals surface area contributed by atoms with Gasteiger partial charge in [0.1, 0.15) is 17.6 Å². The molecule has 0 aliphatic carbocycles. The van der Waals surface area contributed by atoms with Crippen molar-refractivity contribution in [3.8, 4) is 11.3 Å². The van der Waals surface area contributed by atoms with Crippen molar-refractivity contribution < 1.29 is 28.7 Å². The lowest BCUT2D eigenvalue weighted by Gasteiger charge is -2.33. The number of nitrogens with zero attached hydrogens (tertiary/aromatic N) is 2. The lowest BCUT2D eigenvalue weighted by Crippen LogP contribution is -2.48. The standard InChI is InChI=1S/C17H19FN2O5/c1-20(7-10-8-24-9-14(21)16(10)22)17(23)15-6-13(19-25-15)11-4-2-3-5-12(11)18/h2-6,10,14,16,21-22H,7-9H2,1H3/t10-,14-,16+/m1/s1. The highest BCUT2D eigenvalue weighted by Gasteiger charge is 2.33. The van der Waals surface area contributed by atoms with Crippen LogP contribution in [0.5, 0.6) is 0 Å². The number of halogens is 1. The van der Waals surface area contributed by atoms with Crippen LogP contribution >= 0.6 is 0 Å². The van der Waals surface area contributed by atoms with Gasteiger partial charge in [-0.2, -0.15) is 0 Å². The summed E-state index contributed by atoms with van der Waals surface area (Å²) in [4.78, 5) is 13.8. The van der Waals surface area contributed by atoms with Crippen LogP contribution in [0.25, 0.3) is 11.3 Å². The highest BCUT2D eigenvalue weighted by molar-refractivity contribution is 5.92. The summed E-state index contributed by atoms with van der Waals surface area (Å²) < 4.78 is 24.0. The first-order chi connectivity index (χ1) is 12.0. The Kier molecular flexibility index (Phi) is 5.12. The molecule has 1 amide bonds. The van der Waals surface area contributed by atoms with Crippen LogP contribution in [0.3, 0.4) is 0 Å². The first-order valence-electron chi connectivity index (χ1n) is 7.88. The van der Waals surface area contributed by atoms with E-state index in [4.69, 9.17) is 9.26 Å². The van der Waals surface area contributed by atoms with Crippen molar-refractivity contribution in [2.24, 2.45) is 5.92 Å². The molecule has 1 aliphatic heterocycles. The van der Waals surface area contributed by atoms with E-state index < -0.39 is 29.9 Å². The highest BCUT2D eigenvalue weighted by Crippen LogP contribution is 2.23. The van der Waals surface area contributed by atoms with Gasteiger partial charge >= 0.3 is 0 Å². The zero-order valence-electron chi connectivity index (χ0n) is 13.6. The summed E-state index contributed by atoms with van der Waals surface area (Å²) in [7, 11) is 1.54. The van der Waals surface area contributed by atoms with Gasteiger partial charge in [0.2, 0.25) is 5.76 Å². The minimum absolute atomic E-state index is 0.0347. The average Bonchev–Trinajstić information content (AvgIpc) is 3.08. The van der Waals surface area contributed by atoms with E-state index in [1.165, 1.54) is 17.0 Å². The number of aliphatic hydroxyl groups is 2. The number of ether oxygens (including phenoxy) is 1. The van der Waals surface area contributed by atoms with Gasteiger partial charge in [-0.3, -0.25) is 4.79 Å². The molecule has 7 nitrogen and oxygen atoms in total. The van der Waals surface area contributed by atoms with Gasteiger partial charge in [0, 0.05) is 31.1 Å². The van der Waals surface area contributed by atoms with Crippen molar-refractivity contribution in [3.05, 3.63) is 41.9 Å². The number of rotatable bonds is 4. The fourth-order valence-electron chi connectivity index (χ4n) is 2.81. The van der Waals surface area contributed by atoms with E-state index in [1.54, 1.807) is 25.2 Å². The maximum absolute atomic E-state index is 13.8. The number of carbonyl (C=O) groups is 1. The normalized spacial score (nSPS) is 23.4. The smallest absolute Gasteiger partial charge is 0.292 e. The molecule has 1 fully saturated rings. The first-order valence-corrected chi connectivity index (χ1v) is 7.88. The topological polar surface area (TPSA) is 96.0 Å². The number of aromatic nitrogens is 1. The molecule has 0 saturated carbocycles. The predicted molar refractivity (Wildman–Crippen MR) is 85.2 cm³/mol. The molecule has 2 N–H and O–H groups in total. The molecule has 0 radical (unpaired) electrons. The molecule has 2 aromatic rings. The Labute approximate surface area is 143 Å². The third-order valence-electron chi connectivity index (χ3n) is 4.22. The third kappa shape index (κ3) is 3.71. The van der Waals surface area contributed by atoms with Crippen molar-refractivity contribution in [1.29, 1.82) is 0 Å². The molecule has 1 aliphatic rings. The Morgan fingerprint density at radius 1 is 1.36 bits per heavy atom. The second-order valence-electron chi connectivity index (χ2n) is 6.10. The van der Waals surface area contributed by atoms with Gasteiger partial charge in [-0.05, 0) is 12.1 Å². The van der Waals surface area contributed by atoms with Crippen molar-refractivity contribution in [1.82, 2.24) is 10.1 Å². The summed E-state index contributed by atoms with van der Waals surface area (Å²) in [5.74, 6) is -1.36. The number of aliphatic hydroxyl groups excluding tert-OH is 2. The second kappa shape index (κ2) is 7.30. The zero-order valence-corrected chi connectivity index (χ0v) is 13.6. The molecule has 1 saturated heterocycles. The molecule has 8 heteroatoms. The molecular weight excluding hydrogens is 331 g/mol. The minimum atomic E-state index is -0.972. The van der Waals surface area contributed by atoms with Crippen LogP contribution in [0, 0.1) is 11.7 Å². The predicted octanol–water partition coefficient (Wildman–Crippen LogP) is 0.921. The van der Waals surface area contributed by atoms with E-state index >= 15 is 0 Å². The molecule has 0 bridgehead atoms. The van der Waals surface area contributed by atoms with Gasteiger partial charge in [0.25, 0.3) is 5.91 Å². The van der Waals surface area contributed by atoms with Crippen LogP contribution in [0.15, 0.2) is 34.9 Å². The van der Waals surface area contributed by atoms with Crippen molar-refractivity contribution in [3.63, 3.8) is 0 Å². The largest absolute Gasteiger partial charge is 0.390 e. The second-order valence-corrected chi connectivity index (χ2v) is 6.10. The molecule has 25 heavy (non-hydrogen) atoms. The molecule has 1 aromatic carbocycles. The van der Waals surface area contributed by atoms with Gasteiger partial charge in [0.05, 0.1) is 19.3 Å². The number of carbonyl (C=O) groups excluding carboxylic acids is 1. The maximum atomic E-state index is 13.8. The van der Waals surface area contributed by atoms with E-state index in [2.05, 4.69) is 5.16 Å². The number of hydrogen-bond donors (Lipinski definition) is 2. The summed E-state index contributed by atoms with van der Waals surface area (Å²) in [6.45, 7) is 0.489. The van der Waals surface area contributed by atoms with Crippen LogP contribution in [0.1, 0.15) is 10.6 Å². The van der Waals surface area contributed by atoms with Gasteiger partial charge in [-0.25, -0.2) is 4.39 Å². The average molecular weight is 350 g/mol. The maximum Gasteiger partial charge on any atom is 0.292 e. The molecule has 134 valence electrons. The van der Waals surface area contributed by atoms with Gasteiger partial charge in [-0.1, -0.05) is 17.3 Å². The molecule has 1 aromatic heterocycles. The van der Waals surface area contributed by atoms with Gasteiger partial charge < -0.3 is 24.4 Å². The Morgan fingerprint density at radius 2 is 2.12 bits per heavy atom. The lowest BCUT2D eigenvalue weighted by atomic mass is 9.96. The van der Waals surface area contributed by atoms with Crippen LogP contribution in [-0.4, -0.2) is 65.2 Å². The summed E-state index contributed by atoms with van der Waals surface area (Å²) >= 11 is 0. The Balaban J connectivity index is 1.70. The SMILES string of the molecule is CN(C[C@@H]1COC[C@@H](O)[C@H]1O)C(=O)c1cc(-c2ccccc2F)no1. The van der Waals surface area contributed by atoms with Crippen molar-refractivity contribution in [2.75, 3.05) is 26.8 Å². The minimum Gasteiger partial charge on any atom is -0.390 e. The Morgan fingerprint density at radius 3 is 2.88 bits per heavy atom. The van der Waals surface area contributed by atoms with Crippen LogP contribution in [0.2, 0.25) is 0 Å². The van der Waals surface area contributed by atoms with Crippen molar-refractivity contribution >= 4 is 5.91 Å². The summed E-state index contributed by atoms with van der Waals surface area (Å²) in [5.41, 5.74) is 0.471. The highest BCUT2D eigenvalue weighted by atomic mass is 19.1. The fraction of sp³-hybridized carbons (Fsp3) is 0.412. The molecule has 0 unspecified atom stereocenters. The zero-order chi connectivity index (χ0) is 18.0. The molecule has 2 heterocycles. The first kappa shape index (κ1) is 17.5. The van der Waals surface area contributed by atoms with Crippen LogP contribution in [0.4, 0.5) is 4.39 Å². The van der Waals surface area contributed by atoms with E-state index in [-0.39, 0.29) is 36.8 Å². The number of amides is 1. The van der Waals surface area contributed by atoms with E-state index in [1.807, 2.05) is 0 Å². The molecule has 0 spiro atoms. The van der Waals surface area contributed by atoms with Gasteiger partial charge in [-0.15, -0.1) is 0 Å². The van der Waals surface area contributed by atoms with E-state index in [9.17, 15) is 19.4 Å². The number of benzene rings is 1. The molecule has 3 rings (SSSR count). The number of hydrogen-bond acceptors (Lipinski definition) is 6. The summed E-state index contributed by atoms with van der Waals surface area (Å²) in [6, 6.07) is 7.44. The molecular formula is C17H19FN2O5. The Bertz CT molecular complexity index is 750. The third-order valence-corrected chi connectivity index (χ3v) is 4.22. The van der Waals surface area contributed by atoms with E-state index in [0.717, 1.165) is 0 Å².